The van der Waals surface area contributed by atoms with Gasteiger partial charge in [0.1, 0.15) is 0 Å². The molecule has 0 amide bonds. The maximum atomic E-state index is 12.7. The van der Waals surface area contributed by atoms with E-state index in [1.165, 1.54) is 0 Å². The van der Waals surface area contributed by atoms with E-state index in [2.05, 4.69) is 27.7 Å². The zero-order chi connectivity index (χ0) is 27.8. The average molecular weight is 724 g/mol. The molecule has 0 aliphatic rings. The first-order chi connectivity index (χ1) is 17.8. The van der Waals surface area contributed by atoms with Gasteiger partial charge in [0.05, 0.1) is 0 Å². The molecule has 0 N–H and O–H groups in total. The van der Waals surface area contributed by atoms with Crippen molar-refractivity contribution in [2.24, 2.45) is 0 Å². The van der Waals surface area contributed by atoms with Crippen LogP contribution in [0.25, 0.3) is 0 Å². The van der Waals surface area contributed by atoms with Crippen LogP contribution in [0.2, 0.25) is 0 Å². The standard InChI is InChI=1S/4C7H14O2.Pb/c4*1-2-3-4-5-6-7(8)9;/h4*2-6H2,1H3,(H,8,9);/q;;;;+4/p-4. The van der Waals surface area contributed by atoms with E-state index in [0.29, 0.717) is 25.7 Å². The Morgan fingerprint density at radius 1 is 0.378 bits per heavy atom. The van der Waals surface area contributed by atoms with Crippen molar-refractivity contribution in [2.45, 2.75) is 156 Å². The van der Waals surface area contributed by atoms with Gasteiger partial charge in [0.25, 0.3) is 0 Å². The van der Waals surface area contributed by atoms with E-state index in [9.17, 15) is 19.2 Å². The Morgan fingerprint density at radius 2 is 0.595 bits per heavy atom. The van der Waals surface area contributed by atoms with Crippen LogP contribution in [-0.2, 0) is 29.9 Å². The summed E-state index contributed by atoms with van der Waals surface area (Å²) in [5.74, 6) is -2.63. The third-order valence-electron chi connectivity index (χ3n) is 5.89. The third-order valence-corrected chi connectivity index (χ3v) is 13.3. The van der Waals surface area contributed by atoms with Crippen molar-refractivity contribution in [2.75, 3.05) is 0 Å². The van der Waals surface area contributed by atoms with Crippen LogP contribution in [0.5, 0.6) is 0 Å². The number of carbonyl (C=O) groups excluding carboxylic acids is 4. The maximum absolute atomic E-state index is 12.7. The van der Waals surface area contributed by atoms with Gasteiger partial charge in [-0.3, -0.25) is 0 Å². The van der Waals surface area contributed by atoms with E-state index in [4.69, 9.17) is 10.7 Å². The second-order valence-corrected chi connectivity index (χ2v) is 16.7. The molecule has 0 aromatic carbocycles. The SMILES string of the molecule is CCCCCCC(=O)[O][Pb]([O]C(=O)CCCCCC)([O]C(=O)CCCCCC)[O]C(=O)CCCCCC. The van der Waals surface area contributed by atoms with Crippen molar-refractivity contribution in [3.05, 3.63) is 0 Å². The Morgan fingerprint density at radius 3 is 0.784 bits per heavy atom. The molecule has 0 rings (SSSR count). The molecule has 0 saturated carbocycles. The molecule has 0 saturated heterocycles. The summed E-state index contributed by atoms with van der Waals surface area (Å²) in [7, 11) is 0. The summed E-state index contributed by atoms with van der Waals surface area (Å²) in [6, 6.07) is 0. The zero-order valence-electron chi connectivity index (χ0n) is 23.9. The Hall–Kier alpha value is -1.20. The normalized spacial score (nSPS) is 11.1. The first kappa shape index (κ1) is 35.8. The molecule has 0 fully saturated rings. The van der Waals surface area contributed by atoms with Crippen LogP contribution in [0.4, 0.5) is 0 Å². The van der Waals surface area contributed by atoms with Gasteiger partial charge in [-0.1, -0.05) is 0 Å². The minimum atomic E-state index is -5.86. The van der Waals surface area contributed by atoms with Crippen LogP contribution < -0.4 is 0 Å². The Labute approximate surface area is 232 Å². The van der Waals surface area contributed by atoms with Crippen molar-refractivity contribution in [3.63, 3.8) is 0 Å². The van der Waals surface area contributed by atoms with E-state index >= 15 is 0 Å². The second kappa shape index (κ2) is 23.9. The topological polar surface area (TPSA) is 105 Å². The predicted molar refractivity (Wildman–Crippen MR) is 145 cm³/mol. The predicted octanol–water partition coefficient (Wildman–Crippen LogP) is 7.48. The summed E-state index contributed by atoms with van der Waals surface area (Å²) >= 11 is -5.86. The Bertz CT molecular complexity index is 528. The van der Waals surface area contributed by atoms with Gasteiger partial charge < -0.3 is 0 Å². The summed E-state index contributed by atoms with van der Waals surface area (Å²) in [4.78, 5) is 50.9. The average Bonchev–Trinajstić information content (AvgIpc) is 2.85. The molecule has 0 aromatic rings. The minimum absolute atomic E-state index is 0.0813. The Kier molecular flexibility index (Phi) is 23.1. The van der Waals surface area contributed by atoms with Gasteiger partial charge in [0.15, 0.2) is 0 Å². The molecule has 216 valence electrons. The molecular weight excluding hydrogens is 672 g/mol. The van der Waals surface area contributed by atoms with Crippen molar-refractivity contribution < 1.29 is 29.9 Å². The molecule has 0 aliphatic heterocycles. The van der Waals surface area contributed by atoms with E-state index in [1.54, 1.807) is 0 Å². The van der Waals surface area contributed by atoms with Gasteiger partial charge in [0, 0.05) is 0 Å². The molecule has 0 bridgehead atoms. The van der Waals surface area contributed by atoms with Crippen LogP contribution >= 0.6 is 0 Å². The van der Waals surface area contributed by atoms with Gasteiger partial charge >= 0.3 is 233 Å². The van der Waals surface area contributed by atoms with E-state index in [-0.39, 0.29) is 25.7 Å². The third kappa shape index (κ3) is 20.4. The molecule has 0 atom stereocenters. The fraction of sp³-hybridized carbons (Fsp3) is 0.857. The van der Waals surface area contributed by atoms with Crippen LogP contribution in [0.3, 0.4) is 0 Å². The van der Waals surface area contributed by atoms with E-state index in [0.717, 1.165) is 77.0 Å². The van der Waals surface area contributed by atoms with Crippen molar-refractivity contribution >= 4 is 46.9 Å². The molecule has 0 unspecified atom stereocenters. The number of hydrogen-bond donors (Lipinski definition) is 0. The van der Waals surface area contributed by atoms with Gasteiger partial charge in [-0.15, -0.1) is 0 Å². The van der Waals surface area contributed by atoms with E-state index in [1.807, 2.05) is 0 Å². The van der Waals surface area contributed by atoms with Crippen molar-refractivity contribution in [1.29, 1.82) is 0 Å². The molecule has 0 spiro atoms. The van der Waals surface area contributed by atoms with E-state index < -0.39 is 46.9 Å². The number of unbranched alkanes of at least 4 members (excludes halogenated alkanes) is 12. The summed E-state index contributed by atoms with van der Waals surface area (Å²) in [5.41, 5.74) is 0. The van der Waals surface area contributed by atoms with Crippen LogP contribution in [0, 0.1) is 0 Å². The first-order valence-electron chi connectivity index (χ1n) is 14.7. The van der Waals surface area contributed by atoms with Crippen molar-refractivity contribution in [3.8, 4) is 0 Å². The first-order valence-corrected chi connectivity index (χ1v) is 21.0. The number of carbonyl (C=O) groups is 4. The van der Waals surface area contributed by atoms with Gasteiger partial charge in [-0.05, 0) is 0 Å². The van der Waals surface area contributed by atoms with Crippen LogP contribution in [-0.4, -0.2) is 46.9 Å². The molecular formula is C28H52O8Pb. The van der Waals surface area contributed by atoms with Crippen molar-refractivity contribution in [1.82, 2.24) is 0 Å². The summed E-state index contributed by atoms with van der Waals surface area (Å²) in [6.45, 7) is 8.28. The zero-order valence-corrected chi connectivity index (χ0v) is 27.8. The molecule has 9 heteroatoms. The molecule has 0 heterocycles. The fourth-order valence-corrected chi connectivity index (χ4v) is 10.6. The van der Waals surface area contributed by atoms with Gasteiger partial charge in [-0.25, -0.2) is 0 Å². The molecule has 0 aromatic heterocycles. The number of rotatable bonds is 24. The fourth-order valence-electron chi connectivity index (χ4n) is 3.67. The number of hydrogen-bond acceptors (Lipinski definition) is 8. The van der Waals surface area contributed by atoms with Crippen LogP contribution in [0.15, 0.2) is 0 Å². The van der Waals surface area contributed by atoms with Gasteiger partial charge in [0.2, 0.25) is 0 Å². The quantitative estimate of drug-likeness (QED) is 0.0746. The molecule has 37 heavy (non-hydrogen) atoms. The van der Waals surface area contributed by atoms with Crippen LogP contribution in [0.1, 0.15) is 156 Å². The molecule has 0 aliphatic carbocycles. The monoisotopic (exact) mass is 724 g/mol. The molecule has 0 radical (unpaired) electrons. The summed E-state index contributed by atoms with van der Waals surface area (Å²) < 4.78 is 22.3. The summed E-state index contributed by atoms with van der Waals surface area (Å²) in [6.07, 6.45) is 14.1. The van der Waals surface area contributed by atoms with Gasteiger partial charge in [-0.2, -0.15) is 0 Å². The second-order valence-electron chi connectivity index (χ2n) is 9.64. The summed E-state index contributed by atoms with van der Waals surface area (Å²) in [5, 5.41) is 0. The molecule has 8 nitrogen and oxygen atoms in total. The Balaban J connectivity index is 5.60.